The molecule has 1 aliphatic rings. The molecule has 128 valence electrons. The van der Waals surface area contributed by atoms with Gasteiger partial charge in [0.2, 0.25) is 5.88 Å². The quantitative estimate of drug-likeness (QED) is 0.738. The number of benzene rings is 1. The highest BCUT2D eigenvalue weighted by atomic mass is 16.5. The number of nitrogens with zero attached hydrogens (tertiary/aromatic N) is 4. The van der Waals surface area contributed by atoms with E-state index >= 15 is 0 Å². The number of hydrogen-bond acceptors (Lipinski definition) is 4. The zero-order valence-electron chi connectivity index (χ0n) is 14.3. The summed E-state index contributed by atoms with van der Waals surface area (Å²) in [5.74, 6) is 1.47. The highest BCUT2D eigenvalue weighted by Crippen LogP contribution is 2.29. The third kappa shape index (κ3) is 2.73. The van der Waals surface area contributed by atoms with Gasteiger partial charge in [-0.05, 0) is 31.5 Å². The molecule has 1 unspecified atom stereocenters. The fourth-order valence-corrected chi connectivity index (χ4v) is 3.60. The fourth-order valence-electron chi connectivity index (χ4n) is 3.60. The third-order valence-corrected chi connectivity index (χ3v) is 4.78. The van der Waals surface area contributed by atoms with Crippen LogP contribution in [0.5, 0.6) is 5.88 Å². The summed E-state index contributed by atoms with van der Waals surface area (Å²) < 4.78 is 7.38. The Labute approximate surface area is 146 Å². The minimum Gasteiger partial charge on any atom is -0.481 e. The maximum absolute atomic E-state index is 12.8. The van der Waals surface area contributed by atoms with E-state index in [2.05, 4.69) is 20.6 Å². The van der Waals surface area contributed by atoms with Crippen LogP contribution in [-0.4, -0.2) is 45.5 Å². The Balaban J connectivity index is 1.58. The first-order chi connectivity index (χ1) is 12.2. The summed E-state index contributed by atoms with van der Waals surface area (Å²) >= 11 is 0. The summed E-state index contributed by atoms with van der Waals surface area (Å²) in [5.41, 5.74) is 2.74. The Morgan fingerprint density at radius 1 is 1.28 bits per heavy atom. The maximum atomic E-state index is 12.8. The van der Waals surface area contributed by atoms with Crippen LogP contribution in [0.2, 0.25) is 0 Å². The van der Waals surface area contributed by atoms with Crippen molar-refractivity contribution in [2.45, 2.75) is 19.4 Å². The highest BCUT2D eigenvalue weighted by Gasteiger charge is 2.30. The van der Waals surface area contributed by atoms with Crippen molar-refractivity contribution in [2.75, 3.05) is 20.2 Å². The number of aromatic nitrogens is 3. The summed E-state index contributed by atoms with van der Waals surface area (Å²) in [6.07, 6.45) is 2.53. The van der Waals surface area contributed by atoms with Gasteiger partial charge in [0.05, 0.1) is 24.2 Å². The Morgan fingerprint density at radius 2 is 2.12 bits per heavy atom. The molecule has 6 nitrogen and oxygen atoms in total. The molecule has 0 aliphatic carbocycles. The summed E-state index contributed by atoms with van der Waals surface area (Å²) in [7, 11) is 1.55. The number of carbonyl (C=O) groups excluding carboxylic acids is 1. The number of methoxy groups -OCH3 is 1. The number of amides is 1. The lowest BCUT2D eigenvalue weighted by molar-refractivity contribution is 0.0787. The molecule has 1 saturated heterocycles. The molecular weight excluding hydrogens is 316 g/mol. The number of carbonyl (C=O) groups is 1. The molecule has 0 spiro atoms. The Morgan fingerprint density at radius 3 is 2.96 bits per heavy atom. The largest absolute Gasteiger partial charge is 0.481 e. The van der Waals surface area contributed by atoms with Crippen LogP contribution in [0.1, 0.15) is 28.6 Å². The fraction of sp³-hybridized carbons (Fsp3) is 0.316. The molecule has 0 radical (unpaired) electrons. The van der Waals surface area contributed by atoms with E-state index in [1.54, 1.807) is 25.4 Å². The molecule has 0 saturated carbocycles. The van der Waals surface area contributed by atoms with Crippen LogP contribution in [-0.2, 0) is 0 Å². The normalized spacial score (nSPS) is 17.2. The number of imidazole rings is 1. The minimum absolute atomic E-state index is 0.0188. The number of para-hydroxylation sites is 2. The lowest BCUT2D eigenvalue weighted by Gasteiger charge is -2.18. The summed E-state index contributed by atoms with van der Waals surface area (Å²) in [6.45, 7) is 3.45. The van der Waals surface area contributed by atoms with Gasteiger partial charge in [0.1, 0.15) is 5.82 Å². The molecule has 3 aromatic rings. The molecule has 1 aromatic carbocycles. The summed E-state index contributed by atoms with van der Waals surface area (Å²) in [5, 5.41) is 0. The van der Waals surface area contributed by atoms with Gasteiger partial charge in [-0.25, -0.2) is 9.97 Å². The average molecular weight is 336 g/mol. The number of fused-ring (bicyclic) bond motifs is 1. The Kier molecular flexibility index (Phi) is 3.87. The van der Waals surface area contributed by atoms with Crippen molar-refractivity contribution in [3.8, 4) is 5.88 Å². The number of ether oxygens (including phenoxy) is 1. The summed E-state index contributed by atoms with van der Waals surface area (Å²) in [4.78, 5) is 23.4. The number of likely N-dealkylation sites (tertiary alicyclic amines) is 1. The van der Waals surface area contributed by atoms with E-state index in [1.165, 1.54) is 0 Å². The minimum atomic E-state index is 0.0188. The molecule has 4 rings (SSSR count). The van der Waals surface area contributed by atoms with E-state index in [9.17, 15) is 4.79 Å². The van der Waals surface area contributed by atoms with Crippen molar-refractivity contribution in [3.63, 3.8) is 0 Å². The molecule has 1 atom stereocenters. The molecule has 25 heavy (non-hydrogen) atoms. The molecule has 1 amide bonds. The van der Waals surface area contributed by atoms with E-state index in [4.69, 9.17) is 4.74 Å². The molecule has 0 N–H and O–H groups in total. The first-order valence-corrected chi connectivity index (χ1v) is 8.40. The van der Waals surface area contributed by atoms with Gasteiger partial charge in [0.25, 0.3) is 5.91 Å². The lowest BCUT2D eigenvalue weighted by atomic mass is 10.2. The van der Waals surface area contributed by atoms with Crippen molar-refractivity contribution in [1.82, 2.24) is 19.4 Å². The van der Waals surface area contributed by atoms with E-state index in [0.717, 1.165) is 29.8 Å². The van der Waals surface area contributed by atoms with E-state index in [0.29, 0.717) is 18.0 Å². The molecular formula is C19H20N4O2. The molecule has 0 bridgehead atoms. The van der Waals surface area contributed by atoms with Crippen LogP contribution in [0.15, 0.2) is 42.6 Å². The van der Waals surface area contributed by atoms with Gasteiger partial charge < -0.3 is 14.2 Å². The first-order valence-electron chi connectivity index (χ1n) is 8.40. The van der Waals surface area contributed by atoms with Crippen LogP contribution in [0, 0.1) is 6.92 Å². The zero-order chi connectivity index (χ0) is 17.4. The highest BCUT2D eigenvalue weighted by molar-refractivity contribution is 5.94. The van der Waals surface area contributed by atoms with Crippen LogP contribution in [0.3, 0.4) is 0 Å². The number of aryl methyl sites for hydroxylation is 1. The molecule has 1 aliphatic heterocycles. The topological polar surface area (TPSA) is 60.2 Å². The van der Waals surface area contributed by atoms with Crippen LogP contribution in [0.4, 0.5) is 0 Å². The summed E-state index contributed by atoms with van der Waals surface area (Å²) in [6, 6.07) is 11.8. The van der Waals surface area contributed by atoms with E-state index in [1.807, 2.05) is 30.0 Å². The Bertz CT molecular complexity index is 934. The third-order valence-electron chi connectivity index (χ3n) is 4.78. The van der Waals surface area contributed by atoms with Crippen molar-refractivity contribution in [3.05, 3.63) is 54.0 Å². The van der Waals surface area contributed by atoms with Gasteiger partial charge >= 0.3 is 0 Å². The predicted octanol–water partition coefficient (Wildman–Crippen LogP) is 2.84. The molecule has 3 heterocycles. The van der Waals surface area contributed by atoms with Crippen molar-refractivity contribution in [2.24, 2.45) is 0 Å². The van der Waals surface area contributed by atoms with E-state index < -0.39 is 0 Å². The van der Waals surface area contributed by atoms with Crippen LogP contribution >= 0.6 is 0 Å². The second kappa shape index (κ2) is 6.20. The van der Waals surface area contributed by atoms with Crippen molar-refractivity contribution < 1.29 is 9.53 Å². The number of hydrogen-bond donors (Lipinski definition) is 0. The Hall–Kier alpha value is -2.89. The number of rotatable bonds is 3. The monoisotopic (exact) mass is 336 g/mol. The number of pyridine rings is 1. The lowest BCUT2D eigenvalue weighted by Crippen LogP contribution is -2.29. The van der Waals surface area contributed by atoms with Gasteiger partial charge in [-0.15, -0.1) is 0 Å². The van der Waals surface area contributed by atoms with Crippen LogP contribution in [0.25, 0.3) is 11.0 Å². The average Bonchev–Trinajstić information content (AvgIpc) is 3.24. The molecule has 1 fully saturated rings. The maximum Gasteiger partial charge on any atom is 0.254 e. The van der Waals surface area contributed by atoms with Gasteiger partial charge in [0, 0.05) is 30.9 Å². The van der Waals surface area contributed by atoms with Gasteiger partial charge in [-0.1, -0.05) is 12.1 Å². The van der Waals surface area contributed by atoms with Gasteiger partial charge in [0.15, 0.2) is 0 Å². The van der Waals surface area contributed by atoms with Crippen molar-refractivity contribution >= 4 is 16.9 Å². The van der Waals surface area contributed by atoms with Gasteiger partial charge in [-0.3, -0.25) is 4.79 Å². The zero-order valence-corrected chi connectivity index (χ0v) is 14.3. The SMILES string of the molecule is COc1cc(C(=O)N2CCC(n3c(C)nc4ccccc43)C2)ccn1. The standard InChI is InChI=1S/C19H20N4O2/c1-13-21-16-5-3-4-6-17(16)23(13)15-8-10-22(12-15)19(24)14-7-9-20-18(11-14)25-2/h3-7,9,11,15H,8,10,12H2,1-2H3. The second-order valence-electron chi connectivity index (χ2n) is 6.30. The first kappa shape index (κ1) is 15.6. The van der Waals surface area contributed by atoms with Crippen LogP contribution < -0.4 is 4.74 Å². The second-order valence-corrected chi connectivity index (χ2v) is 6.30. The van der Waals surface area contributed by atoms with Gasteiger partial charge in [-0.2, -0.15) is 0 Å². The van der Waals surface area contributed by atoms with E-state index in [-0.39, 0.29) is 11.9 Å². The predicted molar refractivity (Wildman–Crippen MR) is 94.8 cm³/mol. The molecule has 2 aromatic heterocycles. The smallest absolute Gasteiger partial charge is 0.254 e. The molecule has 6 heteroatoms. The van der Waals surface area contributed by atoms with Crippen molar-refractivity contribution in [1.29, 1.82) is 0 Å².